The zero-order valence-corrected chi connectivity index (χ0v) is 7.18. The molecule has 0 aromatic carbocycles. The largest absolute Gasteiger partial charge is 0.366 e. The third-order valence-electron chi connectivity index (χ3n) is 1.53. The molecule has 64 valence electrons. The second-order valence-corrected chi connectivity index (χ2v) is 2.74. The summed E-state index contributed by atoms with van der Waals surface area (Å²) < 4.78 is 0. The highest BCUT2D eigenvalue weighted by atomic mass is 16.1. The van der Waals surface area contributed by atoms with Crippen LogP contribution in [0, 0.1) is 0 Å². The van der Waals surface area contributed by atoms with Gasteiger partial charge in [0.2, 0.25) is 5.91 Å². The second kappa shape index (κ2) is 4.91. The highest BCUT2D eigenvalue weighted by Crippen LogP contribution is 2.08. The van der Waals surface area contributed by atoms with Crippen LogP contribution in [0.3, 0.4) is 0 Å². The van der Waals surface area contributed by atoms with Crippen molar-refractivity contribution in [1.29, 1.82) is 0 Å². The fourth-order valence-corrected chi connectivity index (χ4v) is 0.898. The predicted octanol–water partition coefficient (Wildman–Crippen LogP) is 0.547. The van der Waals surface area contributed by atoms with Crippen molar-refractivity contribution in [3.63, 3.8) is 0 Å². The lowest BCUT2D eigenvalue weighted by molar-refractivity contribution is -0.114. The van der Waals surface area contributed by atoms with Gasteiger partial charge in [-0.3, -0.25) is 4.79 Å². The molecule has 0 unspecified atom stereocenters. The fraction of sp³-hybridized carbons (Fsp3) is 0.625. The molecule has 0 rings (SSSR count). The molecule has 0 radical (unpaired) electrons. The SMILES string of the molecule is CC(C)=C(CCCN)C(N)=O. The van der Waals surface area contributed by atoms with Gasteiger partial charge in [-0.2, -0.15) is 0 Å². The van der Waals surface area contributed by atoms with Crippen LogP contribution in [0.1, 0.15) is 26.7 Å². The fourth-order valence-electron chi connectivity index (χ4n) is 0.898. The van der Waals surface area contributed by atoms with E-state index in [0.717, 1.165) is 17.6 Å². The van der Waals surface area contributed by atoms with Gasteiger partial charge in [-0.1, -0.05) is 5.57 Å². The van der Waals surface area contributed by atoms with Gasteiger partial charge >= 0.3 is 0 Å². The molecule has 3 heteroatoms. The summed E-state index contributed by atoms with van der Waals surface area (Å²) >= 11 is 0. The van der Waals surface area contributed by atoms with Gasteiger partial charge in [-0.25, -0.2) is 0 Å². The Bertz CT molecular complexity index is 169. The molecule has 3 nitrogen and oxygen atoms in total. The normalized spacial score (nSPS) is 9.36. The maximum atomic E-state index is 10.8. The first-order valence-electron chi connectivity index (χ1n) is 3.75. The summed E-state index contributed by atoms with van der Waals surface area (Å²) in [5.74, 6) is -0.321. The summed E-state index contributed by atoms with van der Waals surface area (Å²) in [6.07, 6.45) is 1.53. The maximum Gasteiger partial charge on any atom is 0.244 e. The minimum absolute atomic E-state index is 0.321. The van der Waals surface area contributed by atoms with Gasteiger partial charge in [0.15, 0.2) is 0 Å². The lowest BCUT2D eigenvalue weighted by atomic mass is 10.1. The number of hydrogen-bond acceptors (Lipinski definition) is 2. The number of carbonyl (C=O) groups is 1. The van der Waals surface area contributed by atoms with E-state index < -0.39 is 0 Å². The van der Waals surface area contributed by atoms with Crippen molar-refractivity contribution >= 4 is 5.91 Å². The van der Waals surface area contributed by atoms with Crippen LogP contribution in [-0.2, 0) is 4.79 Å². The van der Waals surface area contributed by atoms with E-state index in [1.54, 1.807) is 0 Å². The van der Waals surface area contributed by atoms with E-state index in [0.29, 0.717) is 13.0 Å². The molecule has 0 heterocycles. The van der Waals surface area contributed by atoms with Crippen LogP contribution in [-0.4, -0.2) is 12.5 Å². The van der Waals surface area contributed by atoms with Crippen LogP contribution in [0.2, 0.25) is 0 Å². The summed E-state index contributed by atoms with van der Waals surface area (Å²) in [6, 6.07) is 0. The van der Waals surface area contributed by atoms with Gasteiger partial charge in [-0.15, -0.1) is 0 Å². The molecule has 0 spiro atoms. The van der Waals surface area contributed by atoms with Gasteiger partial charge < -0.3 is 11.5 Å². The highest BCUT2D eigenvalue weighted by molar-refractivity contribution is 5.92. The first-order valence-corrected chi connectivity index (χ1v) is 3.75. The molecule has 0 atom stereocenters. The van der Waals surface area contributed by atoms with Gasteiger partial charge in [0.1, 0.15) is 0 Å². The van der Waals surface area contributed by atoms with Crippen molar-refractivity contribution in [3.8, 4) is 0 Å². The molecule has 0 saturated carbocycles. The third-order valence-corrected chi connectivity index (χ3v) is 1.53. The standard InChI is InChI=1S/C8H16N2O/c1-6(2)7(8(10)11)4-3-5-9/h3-5,9H2,1-2H3,(H2,10,11). The summed E-state index contributed by atoms with van der Waals surface area (Å²) in [6.45, 7) is 4.37. The minimum Gasteiger partial charge on any atom is -0.366 e. The Morgan fingerprint density at radius 2 is 1.91 bits per heavy atom. The van der Waals surface area contributed by atoms with E-state index in [2.05, 4.69) is 0 Å². The highest BCUT2D eigenvalue weighted by Gasteiger charge is 2.04. The topological polar surface area (TPSA) is 69.1 Å². The van der Waals surface area contributed by atoms with Gasteiger partial charge in [-0.05, 0) is 33.2 Å². The number of allylic oxidation sites excluding steroid dienone is 1. The molecule has 0 saturated heterocycles. The number of nitrogens with two attached hydrogens (primary N) is 2. The molecule has 0 aliphatic rings. The zero-order valence-electron chi connectivity index (χ0n) is 7.18. The van der Waals surface area contributed by atoms with Crippen molar-refractivity contribution in [2.75, 3.05) is 6.54 Å². The molecule has 0 aromatic rings. The monoisotopic (exact) mass is 156 g/mol. The average molecular weight is 156 g/mol. The van der Waals surface area contributed by atoms with Crippen LogP contribution >= 0.6 is 0 Å². The number of amides is 1. The molecule has 11 heavy (non-hydrogen) atoms. The van der Waals surface area contributed by atoms with Crippen LogP contribution in [0.4, 0.5) is 0 Å². The molecule has 0 bridgehead atoms. The van der Waals surface area contributed by atoms with E-state index >= 15 is 0 Å². The van der Waals surface area contributed by atoms with E-state index in [4.69, 9.17) is 11.5 Å². The zero-order chi connectivity index (χ0) is 8.85. The molecule has 4 N–H and O–H groups in total. The Hall–Kier alpha value is -0.830. The Labute approximate surface area is 67.4 Å². The molecule has 1 amide bonds. The van der Waals surface area contributed by atoms with E-state index in [1.165, 1.54) is 0 Å². The Balaban J connectivity index is 4.14. The van der Waals surface area contributed by atoms with Crippen molar-refractivity contribution in [3.05, 3.63) is 11.1 Å². The number of rotatable bonds is 4. The molecule has 0 aliphatic carbocycles. The maximum absolute atomic E-state index is 10.8. The quantitative estimate of drug-likeness (QED) is 0.583. The molecule has 0 fully saturated rings. The van der Waals surface area contributed by atoms with Crippen molar-refractivity contribution in [2.24, 2.45) is 11.5 Å². The van der Waals surface area contributed by atoms with Crippen molar-refractivity contribution in [1.82, 2.24) is 0 Å². The summed E-state index contributed by atoms with van der Waals surface area (Å²) in [5.41, 5.74) is 12.2. The van der Waals surface area contributed by atoms with Crippen LogP contribution < -0.4 is 11.5 Å². The molecule has 0 aliphatic heterocycles. The number of carbonyl (C=O) groups excluding carboxylic acids is 1. The van der Waals surface area contributed by atoms with E-state index in [1.807, 2.05) is 13.8 Å². The Morgan fingerprint density at radius 1 is 1.36 bits per heavy atom. The Morgan fingerprint density at radius 3 is 2.18 bits per heavy atom. The van der Waals surface area contributed by atoms with Crippen LogP contribution in [0.25, 0.3) is 0 Å². The second-order valence-electron chi connectivity index (χ2n) is 2.74. The first kappa shape index (κ1) is 10.2. The summed E-state index contributed by atoms with van der Waals surface area (Å²) in [4.78, 5) is 10.8. The first-order chi connectivity index (χ1) is 5.09. The average Bonchev–Trinajstić information content (AvgIpc) is 1.87. The lowest BCUT2D eigenvalue weighted by Crippen LogP contribution is -2.16. The van der Waals surface area contributed by atoms with Crippen LogP contribution in [0.5, 0.6) is 0 Å². The van der Waals surface area contributed by atoms with E-state index in [9.17, 15) is 4.79 Å². The Kier molecular flexibility index (Phi) is 4.54. The number of primary amides is 1. The third kappa shape index (κ3) is 3.78. The summed E-state index contributed by atoms with van der Waals surface area (Å²) in [7, 11) is 0. The lowest BCUT2D eigenvalue weighted by Gasteiger charge is -2.03. The van der Waals surface area contributed by atoms with Crippen LogP contribution in [0.15, 0.2) is 11.1 Å². The van der Waals surface area contributed by atoms with E-state index in [-0.39, 0.29) is 5.91 Å². The van der Waals surface area contributed by atoms with Gasteiger partial charge in [0.05, 0.1) is 0 Å². The van der Waals surface area contributed by atoms with Crippen molar-refractivity contribution in [2.45, 2.75) is 26.7 Å². The molecular formula is C8H16N2O. The van der Waals surface area contributed by atoms with Gasteiger partial charge in [0, 0.05) is 5.57 Å². The molecular weight excluding hydrogens is 140 g/mol. The smallest absolute Gasteiger partial charge is 0.244 e. The number of hydrogen-bond donors (Lipinski definition) is 2. The molecule has 0 aromatic heterocycles. The minimum atomic E-state index is -0.321. The summed E-state index contributed by atoms with van der Waals surface area (Å²) in [5, 5.41) is 0. The van der Waals surface area contributed by atoms with Crippen molar-refractivity contribution < 1.29 is 4.79 Å². The predicted molar refractivity (Wildman–Crippen MR) is 45.9 cm³/mol. The van der Waals surface area contributed by atoms with Gasteiger partial charge in [0.25, 0.3) is 0 Å².